The molecule has 0 radical (unpaired) electrons. The smallest absolute Gasteiger partial charge is 0.270 e. The lowest BCUT2D eigenvalue weighted by atomic mass is 9.54. The molecular formula is C15H22N2O3. The van der Waals surface area contributed by atoms with E-state index in [2.05, 4.69) is 10.3 Å². The van der Waals surface area contributed by atoms with Crippen molar-refractivity contribution in [3.63, 3.8) is 0 Å². The van der Waals surface area contributed by atoms with Crippen LogP contribution in [0.15, 0.2) is 24.4 Å². The zero-order valence-corrected chi connectivity index (χ0v) is 12.2. The SMILES string of the molecule is CCO[C@@H]1C[C@@](CO)(NC(=O)c2ccccn2)C1(C)C. The number of aliphatic hydroxyl groups is 1. The van der Waals surface area contributed by atoms with Gasteiger partial charge in [0.15, 0.2) is 0 Å². The average Bonchev–Trinajstić information content (AvgIpc) is 2.46. The summed E-state index contributed by atoms with van der Waals surface area (Å²) in [5.41, 5.74) is -0.611. The number of nitrogens with one attached hydrogen (secondary N) is 1. The van der Waals surface area contributed by atoms with Crippen LogP contribution in [0.2, 0.25) is 0 Å². The van der Waals surface area contributed by atoms with E-state index in [1.165, 1.54) is 0 Å². The quantitative estimate of drug-likeness (QED) is 0.853. The summed E-state index contributed by atoms with van der Waals surface area (Å²) in [6, 6.07) is 5.19. The van der Waals surface area contributed by atoms with Crippen LogP contribution < -0.4 is 5.32 Å². The Morgan fingerprint density at radius 2 is 2.30 bits per heavy atom. The van der Waals surface area contributed by atoms with Crippen LogP contribution >= 0.6 is 0 Å². The lowest BCUT2D eigenvalue weighted by Crippen LogP contribution is -2.74. The van der Waals surface area contributed by atoms with Crippen LogP contribution in [0.5, 0.6) is 0 Å². The number of hydrogen-bond acceptors (Lipinski definition) is 4. The summed E-state index contributed by atoms with van der Waals surface area (Å²) >= 11 is 0. The Labute approximate surface area is 119 Å². The Balaban J connectivity index is 2.12. The topological polar surface area (TPSA) is 71.5 Å². The number of ether oxygens (including phenoxy) is 1. The number of aromatic nitrogens is 1. The maximum Gasteiger partial charge on any atom is 0.270 e. The zero-order chi connectivity index (χ0) is 14.8. The Bertz CT molecular complexity index is 475. The second-order valence-corrected chi connectivity index (χ2v) is 5.78. The van der Waals surface area contributed by atoms with E-state index < -0.39 is 5.54 Å². The third kappa shape index (κ3) is 2.31. The van der Waals surface area contributed by atoms with E-state index in [4.69, 9.17) is 4.74 Å². The van der Waals surface area contributed by atoms with E-state index in [0.717, 1.165) is 0 Å². The summed E-state index contributed by atoms with van der Waals surface area (Å²) in [4.78, 5) is 16.3. The molecule has 110 valence electrons. The summed E-state index contributed by atoms with van der Waals surface area (Å²) in [6.45, 7) is 6.48. The van der Waals surface area contributed by atoms with Crippen LogP contribution in [0.3, 0.4) is 0 Å². The van der Waals surface area contributed by atoms with E-state index in [9.17, 15) is 9.90 Å². The molecule has 20 heavy (non-hydrogen) atoms. The summed E-state index contributed by atoms with van der Waals surface area (Å²) in [6.07, 6.45) is 2.24. The molecule has 0 aromatic carbocycles. The van der Waals surface area contributed by atoms with Crippen LogP contribution in [-0.2, 0) is 4.74 Å². The summed E-state index contributed by atoms with van der Waals surface area (Å²) in [5, 5.41) is 12.7. The minimum absolute atomic E-state index is 0.0451. The third-order valence-electron chi connectivity index (χ3n) is 4.46. The second-order valence-electron chi connectivity index (χ2n) is 5.78. The van der Waals surface area contributed by atoms with Gasteiger partial charge in [-0.2, -0.15) is 0 Å². The van der Waals surface area contributed by atoms with Gasteiger partial charge in [-0.1, -0.05) is 19.9 Å². The number of amides is 1. The fraction of sp³-hybridized carbons (Fsp3) is 0.600. The molecule has 0 spiro atoms. The van der Waals surface area contributed by atoms with Crippen molar-refractivity contribution in [2.75, 3.05) is 13.2 Å². The molecule has 0 bridgehead atoms. The Morgan fingerprint density at radius 3 is 2.80 bits per heavy atom. The molecule has 2 rings (SSSR count). The molecule has 5 heteroatoms. The molecule has 1 aromatic heterocycles. The lowest BCUT2D eigenvalue weighted by molar-refractivity contribution is -0.172. The maximum absolute atomic E-state index is 12.2. The molecule has 2 N–H and O–H groups in total. The number of hydrogen-bond donors (Lipinski definition) is 2. The molecule has 1 aliphatic carbocycles. The predicted octanol–water partition coefficient (Wildman–Crippen LogP) is 1.38. The first-order valence-corrected chi connectivity index (χ1v) is 6.93. The van der Waals surface area contributed by atoms with Crippen LogP contribution in [0.1, 0.15) is 37.7 Å². The molecule has 0 aliphatic heterocycles. The number of pyridine rings is 1. The van der Waals surface area contributed by atoms with Crippen molar-refractivity contribution >= 4 is 5.91 Å². The minimum Gasteiger partial charge on any atom is -0.394 e. The molecule has 1 saturated carbocycles. The molecule has 1 aromatic rings. The zero-order valence-electron chi connectivity index (χ0n) is 12.2. The van der Waals surface area contributed by atoms with Crippen LogP contribution in [0.25, 0.3) is 0 Å². The first-order chi connectivity index (χ1) is 9.47. The number of nitrogens with zero attached hydrogens (tertiary/aromatic N) is 1. The van der Waals surface area contributed by atoms with Gasteiger partial charge in [-0.25, -0.2) is 0 Å². The highest BCUT2D eigenvalue weighted by Gasteiger charge is 2.61. The van der Waals surface area contributed by atoms with Crippen molar-refractivity contribution in [2.24, 2.45) is 5.41 Å². The molecule has 0 unspecified atom stereocenters. The molecule has 0 saturated heterocycles. The van der Waals surface area contributed by atoms with Crippen LogP contribution in [0.4, 0.5) is 0 Å². The summed E-state index contributed by atoms with van der Waals surface area (Å²) in [5.74, 6) is -0.261. The van der Waals surface area contributed by atoms with E-state index in [1.807, 2.05) is 20.8 Å². The van der Waals surface area contributed by atoms with E-state index in [-0.39, 0.29) is 24.0 Å². The average molecular weight is 278 g/mol. The van der Waals surface area contributed by atoms with Crippen molar-refractivity contribution in [1.29, 1.82) is 0 Å². The van der Waals surface area contributed by atoms with Gasteiger partial charge in [-0.3, -0.25) is 9.78 Å². The van der Waals surface area contributed by atoms with Crippen molar-refractivity contribution in [3.05, 3.63) is 30.1 Å². The van der Waals surface area contributed by atoms with Gasteiger partial charge in [0.05, 0.1) is 18.2 Å². The van der Waals surface area contributed by atoms with Gasteiger partial charge in [0.2, 0.25) is 0 Å². The minimum atomic E-state index is -0.651. The van der Waals surface area contributed by atoms with E-state index in [0.29, 0.717) is 18.7 Å². The molecule has 5 nitrogen and oxygen atoms in total. The highest BCUT2D eigenvalue weighted by Crippen LogP contribution is 2.51. The number of carbonyl (C=O) groups excluding carboxylic acids is 1. The normalized spacial score (nSPS) is 27.7. The van der Waals surface area contributed by atoms with Gasteiger partial charge >= 0.3 is 0 Å². The van der Waals surface area contributed by atoms with Gasteiger partial charge in [0.25, 0.3) is 5.91 Å². The molecule has 1 amide bonds. The maximum atomic E-state index is 12.2. The number of aliphatic hydroxyl groups excluding tert-OH is 1. The van der Waals surface area contributed by atoms with Crippen LogP contribution in [-0.4, -0.2) is 40.9 Å². The van der Waals surface area contributed by atoms with Gasteiger partial charge < -0.3 is 15.2 Å². The molecule has 1 aliphatic rings. The molecular weight excluding hydrogens is 256 g/mol. The Hall–Kier alpha value is -1.46. The van der Waals surface area contributed by atoms with Crippen molar-refractivity contribution in [1.82, 2.24) is 10.3 Å². The van der Waals surface area contributed by atoms with Gasteiger partial charge in [0, 0.05) is 24.6 Å². The van der Waals surface area contributed by atoms with E-state index >= 15 is 0 Å². The lowest BCUT2D eigenvalue weighted by Gasteiger charge is -2.60. The van der Waals surface area contributed by atoms with Crippen molar-refractivity contribution in [2.45, 2.75) is 38.8 Å². The molecule has 2 atom stereocenters. The van der Waals surface area contributed by atoms with Gasteiger partial charge in [-0.05, 0) is 19.1 Å². The van der Waals surface area contributed by atoms with Gasteiger partial charge in [-0.15, -0.1) is 0 Å². The number of carbonyl (C=O) groups is 1. The third-order valence-corrected chi connectivity index (χ3v) is 4.46. The first-order valence-electron chi connectivity index (χ1n) is 6.93. The first kappa shape index (κ1) is 14.9. The highest BCUT2D eigenvalue weighted by molar-refractivity contribution is 5.93. The molecule has 1 fully saturated rings. The Morgan fingerprint density at radius 1 is 1.55 bits per heavy atom. The van der Waals surface area contributed by atoms with Crippen molar-refractivity contribution in [3.8, 4) is 0 Å². The standard InChI is InChI=1S/C15H22N2O3/c1-4-20-12-9-15(10-18,14(12,2)3)17-13(19)11-7-5-6-8-16-11/h5-8,12,18H,4,9-10H2,1-3H3,(H,17,19)/t12-,15+/m1/s1. The van der Waals surface area contributed by atoms with E-state index in [1.54, 1.807) is 24.4 Å². The predicted molar refractivity (Wildman–Crippen MR) is 75.3 cm³/mol. The molecule has 1 heterocycles. The largest absolute Gasteiger partial charge is 0.394 e. The van der Waals surface area contributed by atoms with Crippen molar-refractivity contribution < 1.29 is 14.6 Å². The fourth-order valence-corrected chi connectivity index (χ4v) is 2.78. The fourth-order valence-electron chi connectivity index (χ4n) is 2.78. The monoisotopic (exact) mass is 278 g/mol. The Kier molecular flexibility index (Phi) is 4.11. The number of rotatable bonds is 5. The van der Waals surface area contributed by atoms with Crippen LogP contribution in [0, 0.1) is 5.41 Å². The highest BCUT2D eigenvalue weighted by atomic mass is 16.5. The van der Waals surface area contributed by atoms with Gasteiger partial charge in [0.1, 0.15) is 5.69 Å². The summed E-state index contributed by atoms with van der Waals surface area (Å²) < 4.78 is 5.66. The summed E-state index contributed by atoms with van der Waals surface area (Å²) in [7, 11) is 0. The second kappa shape index (κ2) is 5.50.